The predicted molar refractivity (Wildman–Crippen MR) is 68.8 cm³/mol. The van der Waals surface area contributed by atoms with Gasteiger partial charge in [0.05, 0.1) is 0 Å². The molecule has 1 heterocycles. The zero-order chi connectivity index (χ0) is 11.4. The highest BCUT2D eigenvalue weighted by Crippen LogP contribution is 2.23. The van der Waals surface area contributed by atoms with Crippen LogP contribution in [-0.4, -0.2) is 61.7 Å². The van der Waals surface area contributed by atoms with Gasteiger partial charge in [-0.15, -0.1) is 0 Å². The summed E-state index contributed by atoms with van der Waals surface area (Å²) in [7, 11) is 2.10. The lowest BCUT2D eigenvalue weighted by Crippen LogP contribution is -2.51. The highest BCUT2D eigenvalue weighted by Gasteiger charge is 2.27. The molecule has 0 bridgehead atoms. The van der Waals surface area contributed by atoms with Crippen LogP contribution >= 0.6 is 0 Å². The summed E-state index contributed by atoms with van der Waals surface area (Å²) in [5.74, 6) is 0. The molecule has 0 aromatic carbocycles. The maximum Gasteiger partial charge on any atom is 0.0113 e. The van der Waals surface area contributed by atoms with Gasteiger partial charge in [-0.25, -0.2) is 0 Å². The van der Waals surface area contributed by atoms with Crippen molar-refractivity contribution in [2.75, 3.05) is 39.8 Å². The van der Waals surface area contributed by atoms with E-state index in [-0.39, 0.29) is 0 Å². The monoisotopic (exact) mass is 225 g/mol. The topological polar surface area (TPSA) is 18.5 Å². The zero-order valence-corrected chi connectivity index (χ0v) is 10.9. The molecule has 0 spiro atoms. The van der Waals surface area contributed by atoms with Crippen LogP contribution in [0.1, 0.15) is 32.6 Å². The minimum absolute atomic E-state index is 0.785. The van der Waals surface area contributed by atoms with Crippen LogP contribution in [0.4, 0.5) is 0 Å². The Hall–Kier alpha value is -0.120. The number of hydrogen-bond donors (Lipinski definition) is 1. The average molecular weight is 225 g/mol. The lowest BCUT2D eigenvalue weighted by molar-refractivity contribution is 0.0771. The van der Waals surface area contributed by atoms with E-state index < -0.39 is 0 Å². The lowest BCUT2D eigenvalue weighted by Gasteiger charge is -2.41. The van der Waals surface area contributed by atoms with Crippen LogP contribution in [0.15, 0.2) is 0 Å². The molecule has 1 aliphatic heterocycles. The highest BCUT2D eigenvalue weighted by molar-refractivity contribution is 4.84. The van der Waals surface area contributed by atoms with Crippen molar-refractivity contribution in [2.24, 2.45) is 0 Å². The van der Waals surface area contributed by atoms with Crippen molar-refractivity contribution < 1.29 is 0 Å². The van der Waals surface area contributed by atoms with Gasteiger partial charge in [0.25, 0.3) is 0 Å². The highest BCUT2D eigenvalue weighted by atomic mass is 15.3. The van der Waals surface area contributed by atoms with E-state index in [0.717, 1.165) is 12.1 Å². The van der Waals surface area contributed by atoms with E-state index in [1.807, 2.05) is 0 Å². The molecule has 16 heavy (non-hydrogen) atoms. The van der Waals surface area contributed by atoms with E-state index >= 15 is 0 Å². The molecule has 2 rings (SSSR count). The largest absolute Gasteiger partial charge is 0.317 e. The van der Waals surface area contributed by atoms with Crippen molar-refractivity contribution in [1.82, 2.24) is 15.1 Å². The van der Waals surface area contributed by atoms with Gasteiger partial charge in [0.2, 0.25) is 0 Å². The van der Waals surface area contributed by atoms with Crippen LogP contribution in [0.2, 0.25) is 0 Å². The summed E-state index contributed by atoms with van der Waals surface area (Å²) in [6.07, 6.45) is 5.54. The molecule has 0 unspecified atom stereocenters. The van der Waals surface area contributed by atoms with Gasteiger partial charge in [-0.2, -0.15) is 0 Å². The first kappa shape index (κ1) is 12.3. The van der Waals surface area contributed by atoms with E-state index in [4.69, 9.17) is 0 Å². The second-order valence-corrected chi connectivity index (χ2v) is 5.26. The molecule has 1 aliphatic carbocycles. The number of hydrogen-bond acceptors (Lipinski definition) is 3. The van der Waals surface area contributed by atoms with Gasteiger partial charge in [0, 0.05) is 38.3 Å². The fourth-order valence-electron chi connectivity index (χ4n) is 3.17. The lowest BCUT2D eigenvalue weighted by atomic mass is 9.90. The SMILES string of the molecule is CCN1CCN(C2CCC(NC)CC2)CC1. The number of likely N-dealkylation sites (N-methyl/N-ethyl adjacent to an activating group) is 1. The molecule has 2 aliphatic rings. The molecular weight excluding hydrogens is 198 g/mol. The standard InChI is InChI=1S/C13H27N3/c1-3-15-8-10-16(11-9-15)13-6-4-12(14-2)5-7-13/h12-14H,3-11H2,1-2H3. The average Bonchev–Trinajstić information content (AvgIpc) is 2.39. The third-order valence-electron chi connectivity index (χ3n) is 4.48. The smallest absolute Gasteiger partial charge is 0.0113 e. The fourth-order valence-corrected chi connectivity index (χ4v) is 3.17. The summed E-state index contributed by atoms with van der Waals surface area (Å²) in [4.78, 5) is 5.30. The summed E-state index contributed by atoms with van der Waals surface area (Å²) in [5, 5.41) is 3.42. The number of nitrogens with zero attached hydrogens (tertiary/aromatic N) is 2. The van der Waals surface area contributed by atoms with Crippen LogP contribution in [0.3, 0.4) is 0 Å². The molecule has 0 radical (unpaired) electrons. The van der Waals surface area contributed by atoms with Gasteiger partial charge in [-0.05, 0) is 39.3 Å². The van der Waals surface area contributed by atoms with Crippen molar-refractivity contribution in [3.63, 3.8) is 0 Å². The van der Waals surface area contributed by atoms with E-state index in [2.05, 4.69) is 29.1 Å². The molecule has 2 fully saturated rings. The third kappa shape index (κ3) is 2.96. The first-order chi connectivity index (χ1) is 7.83. The molecule has 3 nitrogen and oxygen atoms in total. The molecule has 1 saturated heterocycles. The zero-order valence-electron chi connectivity index (χ0n) is 10.9. The van der Waals surface area contributed by atoms with Crippen molar-refractivity contribution in [3.05, 3.63) is 0 Å². The molecular formula is C13H27N3. The molecule has 0 atom stereocenters. The second-order valence-electron chi connectivity index (χ2n) is 5.26. The number of piperazine rings is 1. The Labute approximate surface area is 100 Å². The van der Waals surface area contributed by atoms with Gasteiger partial charge >= 0.3 is 0 Å². The number of nitrogens with one attached hydrogen (secondary N) is 1. The fraction of sp³-hybridized carbons (Fsp3) is 1.00. The van der Waals surface area contributed by atoms with E-state index in [1.54, 1.807) is 0 Å². The minimum atomic E-state index is 0.785. The van der Waals surface area contributed by atoms with Crippen LogP contribution in [0.5, 0.6) is 0 Å². The molecule has 1 saturated carbocycles. The maximum atomic E-state index is 3.42. The van der Waals surface area contributed by atoms with Crippen LogP contribution in [-0.2, 0) is 0 Å². The maximum absolute atomic E-state index is 3.42. The normalized spacial score (nSPS) is 34.1. The summed E-state index contributed by atoms with van der Waals surface area (Å²) in [6.45, 7) is 8.64. The van der Waals surface area contributed by atoms with Crippen molar-refractivity contribution >= 4 is 0 Å². The summed E-state index contributed by atoms with van der Waals surface area (Å²) in [6, 6.07) is 1.66. The van der Waals surface area contributed by atoms with Gasteiger partial charge in [0.1, 0.15) is 0 Å². The quantitative estimate of drug-likeness (QED) is 0.777. The number of rotatable bonds is 3. The molecule has 0 aromatic heterocycles. The summed E-state index contributed by atoms with van der Waals surface area (Å²) in [5.41, 5.74) is 0. The Kier molecular flexibility index (Phi) is 4.62. The second kappa shape index (κ2) is 5.99. The molecule has 94 valence electrons. The van der Waals surface area contributed by atoms with Crippen molar-refractivity contribution in [1.29, 1.82) is 0 Å². The van der Waals surface area contributed by atoms with E-state index in [1.165, 1.54) is 58.4 Å². The summed E-state index contributed by atoms with van der Waals surface area (Å²) >= 11 is 0. The Morgan fingerprint density at radius 3 is 2.12 bits per heavy atom. The third-order valence-corrected chi connectivity index (χ3v) is 4.48. The first-order valence-corrected chi connectivity index (χ1v) is 6.97. The van der Waals surface area contributed by atoms with Gasteiger partial charge in [-0.1, -0.05) is 6.92 Å². The van der Waals surface area contributed by atoms with Crippen LogP contribution in [0, 0.1) is 0 Å². The van der Waals surface area contributed by atoms with Crippen LogP contribution in [0.25, 0.3) is 0 Å². The first-order valence-electron chi connectivity index (χ1n) is 6.97. The Bertz CT molecular complexity index is 169. The molecule has 1 N–H and O–H groups in total. The van der Waals surface area contributed by atoms with Crippen molar-refractivity contribution in [2.45, 2.75) is 44.7 Å². The Morgan fingerprint density at radius 1 is 1.00 bits per heavy atom. The van der Waals surface area contributed by atoms with Crippen molar-refractivity contribution in [3.8, 4) is 0 Å². The minimum Gasteiger partial charge on any atom is -0.317 e. The predicted octanol–water partition coefficient (Wildman–Crippen LogP) is 1.15. The van der Waals surface area contributed by atoms with Crippen LogP contribution < -0.4 is 5.32 Å². The molecule has 0 amide bonds. The summed E-state index contributed by atoms with van der Waals surface area (Å²) < 4.78 is 0. The molecule has 0 aromatic rings. The van der Waals surface area contributed by atoms with Gasteiger partial charge < -0.3 is 10.2 Å². The van der Waals surface area contributed by atoms with Gasteiger partial charge in [0.15, 0.2) is 0 Å². The van der Waals surface area contributed by atoms with Gasteiger partial charge in [-0.3, -0.25) is 4.90 Å². The molecule has 3 heteroatoms. The Balaban J connectivity index is 1.73. The van der Waals surface area contributed by atoms with E-state index in [0.29, 0.717) is 0 Å². The Morgan fingerprint density at radius 2 is 1.62 bits per heavy atom. The van der Waals surface area contributed by atoms with E-state index in [9.17, 15) is 0 Å².